The van der Waals surface area contributed by atoms with Crippen molar-refractivity contribution in [3.05, 3.63) is 23.5 Å². The summed E-state index contributed by atoms with van der Waals surface area (Å²) >= 11 is 0. The number of piperidine rings is 1. The lowest BCUT2D eigenvalue weighted by Gasteiger charge is -2.29. The molecule has 1 fully saturated rings. The fourth-order valence-corrected chi connectivity index (χ4v) is 4.22. The number of esters is 1. The number of hydrogen-bond donors (Lipinski definition) is 3. The minimum absolute atomic E-state index is 0.0987. The number of likely N-dealkylation sites (N-methyl/N-ethyl adjacent to an activating group) is 1. The number of hydrogen-bond acceptors (Lipinski definition) is 9. The second kappa shape index (κ2) is 9.51. The van der Waals surface area contributed by atoms with Gasteiger partial charge in [-0.25, -0.2) is 4.98 Å². The van der Waals surface area contributed by atoms with E-state index in [9.17, 15) is 9.59 Å². The highest BCUT2D eigenvalue weighted by Crippen LogP contribution is 2.29. The van der Waals surface area contributed by atoms with E-state index in [1.54, 1.807) is 11.4 Å². The summed E-state index contributed by atoms with van der Waals surface area (Å²) in [6.45, 7) is 3.78. The molecule has 4 N–H and O–H groups in total. The van der Waals surface area contributed by atoms with Crippen LogP contribution in [0.3, 0.4) is 0 Å². The third kappa shape index (κ3) is 4.67. The molecule has 0 aliphatic carbocycles. The van der Waals surface area contributed by atoms with E-state index < -0.39 is 0 Å². The quantitative estimate of drug-likeness (QED) is 0.518. The number of carbonyl (C=O) groups is 2. The maximum absolute atomic E-state index is 12.4. The van der Waals surface area contributed by atoms with Gasteiger partial charge in [-0.05, 0) is 19.8 Å². The average molecular weight is 443 g/mol. The van der Waals surface area contributed by atoms with Crippen LogP contribution in [0, 0.1) is 0 Å². The standard InChI is InChI=1S/C21H30N8O3/c1-3-32-19(30)6-7-23-21(31)16-5-4-13(9-24-16)17-8-18(22)29-20(27-17)15(11-26-29)14-10-25-28(2)12-14/h8,10-11,13-14,16,24H,3-7,9,12,22H2,1-2H3,(H,23,31)/t13-,14?,16-/m0/s1. The summed E-state index contributed by atoms with van der Waals surface area (Å²) in [5, 5.41) is 16.7. The summed E-state index contributed by atoms with van der Waals surface area (Å²) in [4.78, 5) is 28.7. The van der Waals surface area contributed by atoms with E-state index in [0.717, 1.165) is 29.9 Å². The number of aromatic nitrogens is 3. The van der Waals surface area contributed by atoms with Crippen molar-refractivity contribution in [2.75, 3.05) is 39.0 Å². The fraction of sp³-hybridized carbons (Fsp3) is 0.571. The van der Waals surface area contributed by atoms with Gasteiger partial charge in [0.05, 0.1) is 31.0 Å². The second-order valence-electron chi connectivity index (χ2n) is 8.23. The number of amides is 1. The van der Waals surface area contributed by atoms with Crippen LogP contribution in [0.25, 0.3) is 5.65 Å². The zero-order chi connectivity index (χ0) is 22.7. The minimum atomic E-state index is -0.307. The summed E-state index contributed by atoms with van der Waals surface area (Å²) in [5.41, 5.74) is 8.93. The average Bonchev–Trinajstić information content (AvgIpc) is 3.40. The molecule has 172 valence electrons. The Bertz CT molecular complexity index is 1010. The molecule has 1 amide bonds. The number of nitrogen functional groups attached to an aromatic ring is 1. The maximum Gasteiger partial charge on any atom is 0.307 e. The van der Waals surface area contributed by atoms with Gasteiger partial charge in [0.2, 0.25) is 5.91 Å². The summed E-state index contributed by atoms with van der Waals surface area (Å²) in [5.74, 6) is 0.412. The lowest BCUT2D eigenvalue weighted by molar-refractivity contribution is -0.143. The SMILES string of the molecule is CCOC(=O)CCNC(=O)[C@@H]1CC[C@H](c2cc(N)n3ncc(C4C=NN(C)C4)c3n2)CN1. The first kappa shape index (κ1) is 22.0. The van der Waals surface area contributed by atoms with Crippen LogP contribution >= 0.6 is 0 Å². The van der Waals surface area contributed by atoms with Gasteiger partial charge in [0.1, 0.15) is 5.82 Å². The van der Waals surface area contributed by atoms with Crippen LogP contribution in [-0.4, -0.2) is 77.0 Å². The number of rotatable bonds is 7. The van der Waals surface area contributed by atoms with E-state index in [2.05, 4.69) is 20.8 Å². The molecule has 0 saturated carbocycles. The molecule has 2 aromatic heterocycles. The zero-order valence-corrected chi connectivity index (χ0v) is 18.5. The van der Waals surface area contributed by atoms with Crippen LogP contribution in [0.1, 0.15) is 49.3 Å². The highest BCUT2D eigenvalue weighted by atomic mass is 16.5. The first-order chi connectivity index (χ1) is 15.5. The van der Waals surface area contributed by atoms with Crippen molar-refractivity contribution < 1.29 is 14.3 Å². The molecule has 11 nitrogen and oxygen atoms in total. The van der Waals surface area contributed by atoms with Crippen molar-refractivity contribution in [2.24, 2.45) is 5.10 Å². The van der Waals surface area contributed by atoms with Gasteiger partial charge < -0.3 is 21.1 Å². The highest BCUT2D eigenvalue weighted by molar-refractivity contribution is 5.82. The lowest BCUT2D eigenvalue weighted by atomic mass is 9.91. The van der Waals surface area contributed by atoms with E-state index in [-0.39, 0.29) is 42.7 Å². The van der Waals surface area contributed by atoms with Crippen molar-refractivity contribution in [1.82, 2.24) is 30.2 Å². The highest BCUT2D eigenvalue weighted by Gasteiger charge is 2.29. The van der Waals surface area contributed by atoms with Gasteiger partial charge in [-0.1, -0.05) is 0 Å². The minimum Gasteiger partial charge on any atom is -0.466 e. The molecule has 0 aromatic carbocycles. The number of anilines is 1. The molecule has 0 bridgehead atoms. The van der Waals surface area contributed by atoms with Crippen LogP contribution in [0.4, 0.5) is 5.82 Å². The molecule has 3 atom stereocenters. The molecule has 2 aliphatic heterocycles. The number of carbonyl (C=O) groups excluding carboxylic acids is 2. The second-order valence-corrected chi connectivity index (χ2v) is 8.23. The molecule has 4 heterocycles. The van der Waals surface area contributed by atoms with Gasteiger partial charge >= 0.3 is 5.97 Å². The van der Waals surface area contributed by atoms with Crippen LogP contribution < -0.4 is 16.4 Å². The first-order valence-electron chi connectivity index (χ1n) is 11.0. The Kier molecular flexibility index (Phi) is 6.54. The van der Waals surface area contributed by atoms with Gasteiger partial charge in [-0.15, -0.1) is 0 Å². The molecule has 0 radical (unpaired) electrons. The lowest BCUT2D eigenvalue weighted by Crippen LogP contribution is -2.48. The van der Waals surface area contributed by atoms with E-state index in [1.807, 2.05) is 30.5 Å². The monoisotopic (exact) mass is 442 g/mol. The van der Waals surface area contributed by atoms with Crippen molar-refractivity contribution in [2.45, 2.75) is 44.1 Å². The third-order valence-corrected chi connectivity index (χ3v) is 5.93. The summed E-state index contributed by atoms with van der Waals surface area (Å²) < 4.78 is 6.54. The van der Waals surface area contributed by atoms with Crippen molar-refractivity contribution in [3.63, 3.8) is 0 Å². The molecule has 2 aromatic rings. The molecule has 11 heteroatoms. The number of hydrazone groups is 1. The Labute approximate surface area is 186 Å². The van der Waals surface area contributed by atoms with Crippen LogP contribution in [0.5, 0.6) is 0 Å². The Morgan fingerprint density at radius 2 is 2.22 bits per heavy atom. The Morgan fingerprint density at radius 1 is 1.38 bits per heavy atom. The summed E-state index contributed by atoms with van der Waals surface area (Å²) in [7, 11) is 1.94. The van der Waals surface area contributed by atoms with Crippen LogP contribution in [0.15, 0.2) is 17.4 Å². The Balaban J connectivity index is 1.38. The Hall–Kier alpha value is -3.21. The molecule has 4 rings (SSSR count). The molecule has 1 unspecified atom stereocenters. The van der Waals surface area contributed by atoms with Crippen LogP contribution in [-0.2, 0) is 14.3 Å². The maximum atomic E-state index is 12.4. The van der Waals surface area contributed by atoms with E-state index in [4.69, 9.17) is 15.5 Å². The smallest absolute Gasteiger partial charge is 0.307 e. The Morgan fingerprint density at radius 3 is 2.91 bits per heavy atom. The summed E-state index contributed by atoms with van der Waals surface area (Å²) in [6, 6.07) is 1.58. The van der Waals surface area contributed by atoms with E-state index in [0.29, 0.717) is 25.4 Å². The topological polar surface area (TPSA) is 139 Å². The van der Waals surface area contributed by atoms with E-state index >= 15 is 0 Å². The number of ether oxygens (including phenoxy) is 1. The van der Waals surface area contributed by atoms with Gasteiger partial charge in [-0.2, -0.15) is 14.7 Å². The number of fused-ring (bicyclic) bond motifs is 1. The number of nitrogens with two attached hydrogens (primary N) is 1. The largest absolute Gasteiger partial charge is 0.466 e. The molecule has 0 spiro atoms. The number of nitrogens with one attached hydrogen (secondary N) is 2. The van der Waals surface area contributed by atoms with Gasteiger partial charge in [0.15, 0.2) is 5.65 Å². The molecule has 32 heavy (non-hydrogen) atoms. The normalized spacial score (nSPS) is 22.9. The first-order valence-corrected chi connectivity index (χ1v) is 11.0. The van der Waals surface area contributed by atoms with Gasteiger partial charge in [0, 0.05) is 56.4 Å². The van der Waals surface area contributed by atoms with Crippen molar-refractivity contribution >= 4 is 29.6 Å². The predicted molar refractivity (Wildman–Crippen MR) is 119 cm³/mol. The number of nitrogens with zero attached hydrogens (tertiary/aromatic N) is 5. The molecular weight excluding hydrogens is 412 g/mol. The fourth-order valence-electron chi connectivity index (χ4n) is 4.22. The summed E-state index contributed by atoms with van der Waals surface area (Å²) in [6.07, 6.45) is 5.38. The molecular formula is C21H30N8O3. The zero-order valence-electron chi connectivity index (χ0n) is 18.5. The predicted octanol–water partition coefficient (Wildman–Crippen LogP) is 0.231. The van der Waals surface area contributed by atoms with Crippen molar-refractivity contribution in [3.8, 4) is 0 Å². The van der Waals surface area contributed by atoms with Crippen molar-refractivity contribution in [1.29, 1.82) is 0 Å². The van der Waals surface area contributed by atoms with Gasteiger partial charge in [0.25, 0.3) is 0 Å². The molecule has 2 aliphatic rings. The van der Waals surface area contributed by atoms with Crippen LogP contribution in [0.2, 0.25) is 0 Å². The van der Waals surface area contributed by atoms with Gasteiger partial charge in [-0.3, -0.25) is 14.6 Å². The van der Waals surface area contributed by atoms with E-state index in [1.165, 1.54) is 0 Å². The molecule has 1 saturated heterocycles. The third-order valence-electron chi connectivity index (χ3n) is 5.93.